The van der Waals surface area contributed by atoms with Gasteiger partial charge in [-0.3, -0.25) is 4.79 Å². The van der Waals surface area contributed by atoms with E-state index >= 15 is 0 Å². The molecule has 3 heterocycles. The number of rotatable bonds is 4. The Balaban J connectivity index is 1.83. The number of sulfonamides is 1. The first kappa shape index (κ1) is 16.6. The minimum absolute atomic E-state index is 0.0590. The van der Waals surface area contributed by atoms with Crippen LogP contribution >= 0.6 is 11.3 Å². The molecule has 0 fully saturated rings. The summed E-state index contributed by atoms with van der Waals surface area (Å²) in [5, 5.41) is 12.2. The number of fused-ring (bicyclic) bond motifs is 1. The minimum atomic E-state index is -3.73. The predicted octanol–water partition coefficient (Wildman–Crippen LogP) is 1.48. The number of pyridine rings is 1. The number of carbonyl (C=O) groups excluding carboxylic acids is 1. The van der Waals surface area contributed by atoms with Crippen molar-refractivity contribution in [3.05, 3.63) is 40.0 Å². The van der Waals surface area contributed by atoms with Gasteiger partial charge in [-0.1, -0.05) is 5.16 Å². The van der Waals surface area contributed by atoms with Gasteiger partial charge in [-0.25, -0.2) is 18.5 Å². The average molecular weight is 366 g/mol. The van der Waals surface area contributed by atoms with Crippen molar-refractivity contribution in [1.82, 2.24) is 15.5 Å². The Morgan fingerprint density at radius 1 is 1.38 bits per heavy atom. The molecule has 3 aromatic heterocycles. The molecule has 0 aliphatic rings. The molecule has 1 amide bonds. The van der Waals surface area contributed by atoms with Crippen LogP contribution in [0, 0.1) is 13.8 Å². The molecule has 0 saturated carbocycles. The highest BCUT2D eigenvalue weighted by Crippen LogP contribution is 2.23. The van der Waals surface area contributed by atoms with Crippen molar-refractivity contribution in [3.8, 4) is 0 Å². The summed E-state index contributed by atoms with van der Waals surface area (Å²) < 4.78 is 27.7. The standard InChI is InChI=1S/C14H14N4O4S2/c1-7-5-10(12-8(2)18-22-14(12)17-7)13(19)16-6-9-3-4-11(23-9)24(15,20)21/h3-5H,6H2,1-2H3,(H,16,19)(H2,15,20,21). The summed E-state index contributed by atoms with van der Waals surface area (Å²) in [5.74, 6) is -0.317. The molecule has 0 saturated heterocycles. The maximum absolute atomic E-state index is 12.5. The van der Waals surface area contributed by atoms with Crippen LogP contribution in [0.2, 0.25) is 0 Å². The van der Waals surface area contributed by atoms with Gasteiger partial charge in [0.2, 0.25) is 10.0 Å². The number of nitrogens with one attached hydrogen (secondary N) is 1. The third kappa shape index (κ3) is 3.16. The second-order valence-electron chi connectivity index (χ2n) is 5.21. The van der Waals surface area contributed by atoms with Gasteiger partial charge in [-0.05, 0) is 32.0 Å². The fourth-order valence-corrected chi connectivity index (χ4v) is 3.98. The van der Waals surface area contributed by atoms with Gasteiger partial charge in [0.05, 0.1) is 23.2 Å². The smallest absolute Gasteiger partial charge is 0.258 e. The number of nitrogens with zero attached hydrogens (tertiary/aromatic N) is 2. The fourth-order valence-electron chi connectivity index (χ4n) is 2.27. The van der Waals surface area contributed by atoms with Gasteiger partial charge in [0.15, 0.2) is 0 Å². The van der Waals surface area contributed by atoms with Gasteiger partial charge in [0, 0.05) is 10.6 Å². The third-order valence-corrected chi connectivity index (χ3v) is 5.85. The first-order chi connectivity index (χ1) is 11.3. The van der Waals surface area contributed by atoms with Crippen molar-refractivity contribution >= 4 is 38.4 Å². The van der Waals surface area contributed by atoms with Crippen LogP contribution in [-0.4, -0.2) is 24.5 Å². The number of hydrogen-bond donors (Lipinski definition) is 2. The van der Waals surface area contributed by atoms with E-state index in [-0.39, 0.29) is 16.7 Å². The van der Waals surface area contributed by atoms with Gasteiger partial charge < -0.3 is 9.84 Å². The molecule has 3 N–H and O–H groups in total. The van der Waals surface area contributed by atoms with Crippen molar-refractivity contribution in [2.45, 2.75) is 24.6 Å². The second-order valence-corrected chi connectivity index (χ2v) is 8.16. The normalized spacial score (nSPS) is 11.8. The molecule has 3 aromatic rings. The number of primary sulfonamides is 1. The predicted molar refractivity (Wildman–Crippen MR) is 88.1 cm³/mol. The number of amides is 1. The van der Waals surface area contributed by atoms with Crippen LogP contribution in [0.1, 0.15) is 26.6 Å². The highest BCUT2D eigenvalue weighted by atomic mass is 32.2. The molecule has 0 radical (unpaired) electrons. The van der Waals surface area contributed by atoms with Crippen LogP contribution in [0.25, 0.3) is 11.1 Å². The van der Waals surface area contributed by atoms with E-state index in [1.54, 1.807) is 26.0 Å². The quantitative estimate of drug-likeness (QED) is 0.720. The van der Waals surface area contributed by atoms with Crippen LogP contribution in [0.4, 0.5) is 0 Å². The van der Waals surface area contributed by atoms with Crippen molar-refractivity contribution < 1.29 is 17.7 Å². The fraction of sp³-hybridized carbons (Fsp3) is 0.214. The number of carbonyl (C=O) groups is 1. The van der Waals surface area contributed by atoms with E-state index in [0.717, 1.165) is 11.3 Å². The molecule has 0 atom stereocenters. The van der Waals surface area contributed by atoms with E-state index in [1.807, 2.05) is 0 Å². The molecule has 0 aliphatic heterocycles. The second kappa shape index (κ2) is 5.96. The highest BCUT2D eigenvalue weighted by molar-refractivity contribution is 7.91. The van der Waals surface area contributed by atoms with E-state index in [0.29, 0.717) is 32.9 Å². The zero-order valence-electron chi connectivity index (χ0n) is 12.9. The maximum atomic E-state index is 12.5. The number of aryl methyl sites for hydroxylation is 2. The summed E-state index contributed by atoms with van der Waals surface area (Å²) in [6.07, 6.45) is 0. The van der Waals surface area contributed by atoms with E-state index in [4.69, 9.17) is 9.66 Å². The van der Waals surface area contributed by atoms with E-state index in [2.05, 4.69) is 15.5 Å². The molecule has 0 unspecified atom stereocenters. The van der Waals surface area contributed by atoms with Crippen LogP contribution in [0.5, 0.6) is 0 Å². The average Bonchev–Trinajstić information content (AvgIpc) is 3.11. The third-order valence-electron chi connectivity index (χ3n) is 3.33. The molecule has 0 spiro atoms. The highest BCUT2D eigenvalue weighted by Gasteiger charge is 2.18. The maximum Gasteiger partial charge on any atom is 0.258 e. The molecule has 126 valence electrons. The molecule has 0 aliphatic carbocycles. The molecular weight excluding hydrogens is 352 g/mol. The van der Waals surface area contributed by atoms with Gasteiger partial charge in [0.1, 0.15) is 4.21 Å². The Hall–Kier alpha value is -2.30. The Morgan fingerprint density at radius 2 is 2.12 bits per heavy atom. The largest absolute Gasteiger partial charge is 0.347 e. The van der Waals surface area contributed by atoms with Crippen molar-refractivity contribution in [2.24, 2.45) is 5.14 Å². The van der Waals surface area contributed by atoms with Gasteiger partial charge in [0.25, 0.3) is 11.6 Å². The van der Waals surface area contributed by atoms with Crippen molar-refractivity contribution in [3.63, 3.8) is 0 Å². The molecular formula is C14H14N4O4S2. The molecule has 8 nitrogen and oxygen atoms in total. The van der Waals surface area contributed by atoms with Gasteiger partial charge >= 0.3 is 0 Å². The zero-order valence-corrected chi connectivity index (χ0v) is 14.5. The Bertz CT molecular complexity index is 1040. The summed E-state index contributed by atoms with van der Waals surface area (Å²) >= 11 is 1.02. The Labute approximate surface area is 141 Å². The van der Waals surface area contributed by atoms with Crippen LogP contribution in [-0.2, 0) is 16.6 Å². The summed E-state index contributed by atoms with van der Waals surface area (Å²) in [7, 11) is -3.73. The zero-order chi connectivity index (χ0) is 17.5. The molecule has 3 rings (SSSR count). The molecule has 0 aromatic carbocycles. The first-order valence-electron chi connectivity index (χ1n) is 6.89. The first-order valence-corrected chi connectivity index (χ1v) is 9.25. The van der Waals surface area contributed by atoms with Crippen LogP contribution in [0.15, 0.2) is 26.9 Å². The van der Waals surface area contributed by atoms with Crippen LogP contribution in [0.3, 0.4) is 0 Å². The molecule has 24 heavy (non-hydrogen) atoms. The van der Waals surface area contributed by atoms with E-state index in [9.17, 15) is 13.2 Å². The lowest BCUT2D eigenvalue weighted by molar-refractivity contribution is 0.0952. The van der Waals surface area contributed by atoms with Crippen molar-refractivity contribution in [2.75, 3.05) is 0 Å². The summed E-state index contributed by atoms with van der Waals surface area (Å²) in [6.45, 7) is 3.68. The van der Waals surface area contributed by atoms with Gasteiger partial charge in [-0.2, -0.15) is 0 Å². The van der Waals surface area contributed by atoms with E-state index < -0.39 is 10.0 Å². The monoisotopic (exact) mass is 366 g/mol. The van der Waals surface area contributed by atoms with E-state index in [1.165, 1.54) is 6.07 Å². The lowest BCUT2D eigenvalue weighted by Gasteiger charge is -2.05. The number of nitrogens with two attached hydrogens (primary N) is 1. The Kier molecular flexibility index (Phi) is 4.11. The molecule has 10 heteroatoms. The van der Waals surface area contributed by atoms with Crippen LogP contribution < -0.4 is 10.5 Å². The summed E-state index contributed by atoms with van der Waals surface area (Å²) in [6, 6.07) is 4.69. The number of hydrogen-bond acceptors (Lipinski definition) is 7. The number of aromatic nitrogens is 2. The lowest BCUT2D eigenvalue weighted by atomic mass is 10.1. The summed E-state index contributed by atoms with van der Waals surface area (Å²) in [4.78, 5) is 17.4. The summed E-state index contributed by atoms with van der Waals surface area (Å²) in [5.41, 5.74) is 1.94. The van der Waals surface area contributed by atoms with Crippen molar-refractivity contribution in [1.29, 1.82) is 0 Å². The molecule has 0 bridgehead atoms. The SMILES string of the molecule is Cc1cc(C(=O)NCc2ccc(S(N)(=O)=O)s2)c2c(C)noc2n1. The topological polar surface area (TPSA) is 128 Å². The minimum Gasteiger partial charge on any atom is -0.347 e. The van der Waals surface area contributed by atoms with Gasteiger partial charge in [-0.15, -0.1) is 11.3 Å². The number of thiophene rings is 1. The lowest BCUT2D eigenvalue weighted by Crippen LogP contribution is -2.23. The Morgan fingerprint density at radius 3 is 2.79 bits per heavy atom.